The van der Waals surface area contributed by atoms with Crippen LogP contribution in [0.15, 0.2) is 18.3 Å². The number of amides is 1. The predicted octanol–water partition coefficient (Wildman–Crippen LogP) is 2.20. The Balaban J connectivity index is 2.71. The number of pyridine rings is 1. The van der Waals surface area contributed by atoms with Gasteiger partial charge in [-0.25, -0.2) is 0 Å². The van der Waals surface area contributed by atoms with Crippen LogP contribution >= 0.6 is 0 Å². The molecule has 0 spiro atoms. The van der Waals surface area contributed by atoms with Crippen molar-refractivity contribution in [2.24, 2.45) is 0 Å². The van der Waals surface area contributed by atoms with Gasteiger partial charge >= 0.3 is 18.0 Å². The number of rotatable bonds is 3. The Kier molecular flexibility index (Phi) is 3.88. The number of nitrogens with zero attached hydrogens (tertiary/aromatic N) is 1. The lowest BCUT2D eigenvalue weighted by Gasteiger charge is -2.18. The Labute approximate surface area is 99.0 Å². The highest BCUT2D eigenvalue weighted by atomic mass is 19.4. The molecule has 0 fully saturated rings. The zero-order valence-corrected chi connectivity index (χ0v) is 9.18. The molecule has 0 aliphatic carbocycles. The molecule has 1 rings (SSSR count). The molecular weight excluding hydrogens is 259 g/mol. The summed E-state index contributed by atoms with van der Waals surface area (Å²) in [4.78, 5) is 14.5. The monoisotopic (exact) mass is 268 g/mol. The van der Waals surface area contributed by atoms with Gasteiger partial charge in [-0.05, 0) is 18.6 Å². The number of nitrogens with one attached hydrogen (secondary N) is 1. The minimum absolute atomic E-state index is 0.226. The molecule has 3 nitrogen and oxygen atoms in total. The average Bonchev–Trinajstić information content (AvgIpc) is 2.26. The first kappa shape index (κ1) is 14.3. The van der Waals surface area contributed by atoms with Crippen molar-refractivity contribution < 1.29 is 26.7 Å². The molecule has 1 aromatic heterocycles. The minimum atomic E-state index is -5.91. The second-order valence-corrected chi connectivity index (χ2v) is 3.52. The molecule has 0 radical (unpaired) electrons. The number of aromatic nitrogens is 1. The third kappa shape index (κ3) is 2.93. The fraction of sp³-hybridized carbons (Fsp3) is 0.400. The van der Waals surface area contributed by atoms with Gasteiger partial charge in [0, 0.05) is 6.20 Å². The Hall–Kier alpha value is -1.73. The van der Waals surface area contributed by atoms with E-state index in [-0.39, 0.29) is 5.69 Å². The smallest absolute Gasteiger partial charge is 0.345 e. The van der Waals surface area contributed by atoms with E-state index in [1.165, 1.54) is 11.5 Å². The molecule has 0 aromatic carbocycles. The molecular formula is C10H9F5N2O. The fourth-order valence-corrected chi connectivity index (χ4v) is 1.11. The molecule has 0 bridgehead atoms. The maximum absolute atomic E-state index is 12.6. The Bertz CT molecular complexity index is 444. The number of aryl methyl sites for hydroxylation is 1. The average molecular weight is 268 g/mol. The fourth-order valence-electron chi connectivity index (χ4n) is 1.11. The SMILES string of the molecule is Cc1cccnc1CNC(=O)C(F)(F)C(F)(F)F. The van der Waals surface area contributed by atoms with Crippen LogP contribution in [0.4, 0.5) is 22.0 Å². The number of hydrogen-bond acceptors (Lipinski definition) is 2. The first-order chi connectivity index (χ1) is 8.16. The molecule has 0 unspecified atom stereocenters. The first-order valence-electron chi connectivity index (χ1n) is 4.79. The largest absolute Gasteiger partial charge is 0.463 e. The quantitative estimate of drug-likeness (QED) is 0.854. The van der Waals surface area contributed by atoms with Crippen LogP contribution in [0.1, 0.15) is 11.3 Å². The van der Waals surface area contributed by atoms with Crippen molar-refractivity contribution in [3.8, 4) is 0 Å². The van der Waals surface area contributed by atoms with E-state index in [4.69, 9.17) is 0 Å². The number of carbonyl (C=O) groups excluding carboxylic acids is 1. The molecule has 1 aromatic rings. The van der Waals surface area contributed by atoms with E-state index in [0.29, 0.717) is 5.56 Å². The zero-order valence-electron chi connectivity index (χ0n) is 9.18. The standard InChI is InChI=1S/C10H9F5N2O/c1-6-3-2-4-16-7(6)5-17-8(18)9(11,12)10(13,14)15/h2-4H,5H2,1H3,(H,17,18). The Morgan fingerprint density at radius 3 is 2.44 bits per heavy atom. The lowest BCUT2D eigenvalue weighted by Crippen LogP contribution is -2.50. The number of carbonyl (C=O) groups is 1. The van der Waals surface area contributed by atoms with E-state index in [2.05, 4.69) is 4.98 Å². The minimum Gasteiger partial charge on any atom is -0.345 e. The summed E-state index contributed by atoms with van der Waals surface area (Å²) in [6.07, 6.45) is -4.56. The highest BCUT2D eigenvalue weighted by Gasteiger charge is 2.63. The van der Waals surface area contributed by atoms with Crippen molar-refractivity contribution in [2.75, 3.05) is 0 Å². The van der Waals surface area contributed by atoms with Gasteiger partial charge in [0.25, 0.3) is 0 Å². The van der Waals surface area contributed by atoms with Gasteiger partial charge in [-0.3, -0.25) is 9.78 Å². The summed E-state index contributed by atoms with van der Waals surface area (Å²) in [5.41, 5.74) is 0.803. The molecule has 0 atom stereocenters. The van der Waals surface area contributed by atoms with Gasteiger partial charge in [0.15, 0.2) is 0 Å². The van der Waals surface area contributed by atoms with Crippen LogP contribution in [-0.4, -0.2) is 23.0 Å². The molecule has 1 heterocycles. The Morgan fingerprint density at radius 2 is 1.94 bits per heavy atom. The highest BCUT2D eigenvalue weighted by Crippen LogP contribution is 2.35. The summed E-state index contributed by atoms with van der Waals surface area (Å²) in [6, 6.07) is 3.17. The van der Waals surface area contributed by atoms with Crippen molar-refractivity contribution in [3.63, 3.8) is 0 Å². The summed E-state index contributed by atoms with van der Waals surface area (Å²) >= 11 is 0. The maximum Gasteiger partial charge on any atom is 0.463 e. The van der Waals surface area contributed by atoms with Crippen LogP contribution in [0.25, 0.3) is 0 Å². The molecule has 100 valence electrons. The molecule has 0 aliphatic rings. The van der Waals surface area contributed by atoms with Crippen molar-refractivity contribution in [2.45, 2.75) is 25.6 Å². The summed E-state index contributed by atoms with van der Waals surface area (Å²) < 4.78 is 60.7. The Morgan fingerprint density at radius 1 is 1.33 bits per heavy atom. The predicted molar refractivity (Wildman–Crippen MR) is 51.8 cm³/mol. The van der Waals surface area contributed by atoms with Gasteiger partial charge in [0.2, 0.25) is 0 Å². The summed E-state index contributed by atoms with van der Waals surface area (Å²) in [5, 5.41) is 1.52. The van der Waals surface area contributed by atoms with Gasteiger partial charge in [0.1, 0.15) is 0 Å². The number of hydrogen-bond donors (Lipinski definition) is 1. The second kappa shape index (κ2) is 4.87. The van der Waals surface area contributed by atoms with Crippen molar-refractivity contribution >= 4 is 5.91 Å². The summed E-state index contributed by atoms with van der Waals surface area (Å²) in [6.45, 7) is 1.10. The summed E-state index contributed by atoms with van der Waals surface area (Å²) in [7, 11) is 0. The van der Waals surface area contributed by atoms with E-state index >= 15 is 0 Å². The lowest BCUT2D eigenvalue weighted by molar-refractivity contribution is -0.269. The van der Waals surface area contributed by atoms with Crippen molar-refractivity contribution in [1.82, 2.24) is 10.3 Å². The highest BCUT2D eigenvalue weighted by molar-refractivity contribution is 5.84. The molecule has 0 saturated heterocycles. The molecule has 0 aliphatic heterocycles. The van der Waals surface area contributed by atoms with Gasteiger partial charge in [0.05, 0.1) is 12.2 Å². The molecule has 0 saturated carbocycles. The van der Waals surface area contributed by atoms with Crippen LogP contribution in [0.2, 0.25) is 0 Å². The van der Waals surface area contributed by atoms with Gasteiger partial charge < -0.3 is 5.32 Å². The van der Waals surface area contributed by atoms with E-state index in [1.807, 2.05) is 0 Å². The van der Waals surface area contributed by atoms with E-state index in [1.54, 1.807) is 19.1 Å². The molecule has 1 amide bonds. The topological polar surface area (TPSA) is 42.0 Å². The molecule has 18 heavy (non-hydrogen) atoms. The van der Waals surface area contributed by atoms with Crippen LogP contribution in [0.3, 0.4) is 0 Å². The summed E-state index contributed by atoms with van der Waals surface area (Å²) in [5.74, 6) is -7.80. The van der Waals surface area contributed by atoms with E-state index < -0.39 is 24.6 Å². The van der Waals surface area contributed by atoms with E-state index in [0.717, 1.165) is 0 Å². The first-order valence-corrected chi connectivity index (χ1v) is 4.79. The lowest BCUT2D eigenvalue weighted by atomic mass is 10.2. The van der Waals surface area contributed by atoms with E-state index in [9.17, 15) is 26.7 Å². The van der Waals surface area contributed by atoms with Crippen LogP contribution < -0.4 is 5.32 Å². The number of alkyl halides is 5. The van der Waals surface area contributed by atoms with Crippen molar-refractivity contribution in [3.05, 3.63) is 29.6 Å². The number of halogens is 5. The van der Waals surface area contributed by atoms with Gasteiger partial charge in [-0.1, -0.05) is 6.07 Å². The maximum atomic E-state index is 12.6. The molecule has 1 N–H and O–H groups in total. The second-order valence-electron chi connectivity index (χ2n) is 3.52. The van der Waals surface area contributed by atoms with Gasteiger partial charge in [-0.2, -0.15) is 22.0 Å². The zero-order chi connectivity index (χ0) is 14.0. The molecule has 8 heteroatoms. The van der Waals surface area contributed by atoms with Crippen LogP contribution in [0.5, 0.6) is 0 Å². The van der Waals surface area contributed by atoms with Crippen molar-refractivity contribution in [1.29, 1.82) is 0 Å². The van der Waals surface area contributed by atoms with Crippen LogP contribution in [0, 0.1) is 6.92 Å². The third-order valence-corrected chi connectivity index (χ3v) is 2.18. The third-order valence-electron chi connectivity index (χ3n) is 2.18. The van der Waals surface area contributed by atoms with Gasteiger partial charge in [-0.15, -0.1) is 0 Å². The normalized spacial score (nSPS) is 12.3. The van der Waals surface area contributed by atoms with Crippen LogP contribution in [-0.2, 0) is 11.3 Å².